The lowest BCUT2D eigenvalue weighted by Crippen LogP contribution is -2.46. The van der Waals surface area contributed by atoms with Gasteiger partial charge in [-0.25, -0.2) is 14.2 Å². The highest BCUT2D eigenvalue weighted by atomic mass is 19.1. The minimum absolute atomic E-state index is 0.142. The van der Waals surface area contributed by atoms with Crippen molar-refractivity contribution in [1.82, 2.24) is 24.7 Å². The number of nitrogens with zero attached hydrogens (tertiary/aromatic N) is 6. The van der Waals surface area contributed by atoms with Crippen molar-refractivity contribution in [3.63, 3.8) is 0 Å². The molecule has 9 nitrogen and oxygen atoms in total. The second-order valence-electron chi connectivity index (χ2n) is 7.94. The van der Waals surface area contributed by atoms with Crippen LogP contribution in [0.3, 0.4) is 0 Å². The number of carbonyl (C=O) groups is 2. The summed E-state index contributed by atoms with van der Waals surface area (Å²) in [6, 6.07) is 5.08. The number of nitrogens with one attached hydrogen (secondary N) is 1. The molecule has 0 radical (unpaired) electrons. The molecular weight excluding hydrogens is 413 g/mol. The Morgan fingerprint density at radius 3 is 2.94 bits per heavy atom. The number of anilines is 1. The van der Waals surface area contributed by atoms with Gasteiger partial charge in [0.15, 0.2) is 0 Å². The number of hydrazine groups is 1. The van der Waals surface area contributed by atoms with Crippen LogP contribution in [0.5, 0.6) is 0 Å². The summed E-state index contributed by atoms with van der Waals surface area (Å²) in [5.41, 5.74) is 2.25. The van der Waals surface area contributed by atoms with Crippen molar-refractivity contribution in [3.8, 4) is 6.07 Å². The van der Waals surface area contributed by atoms with E-state index in [9.17, 15) is 14.0 Å². The molecule has 2 aliphatic rings. The number of urea groups is 1. The second kappa shape index (κ2) is 8.43. The highest BCUT2D eigenvalue weighted by molar-refractivity contribution is 5.95. The van der Waals surface area contributed by atoms with Crippen LogP contribution in [0.1, 0.15) is 34.2 Å². The Kier molecular flexibility index (Phi) is 5.67. The Balaban J connectivity index is 1.59. The molecule has 0 saturated heterocycles. The van der Waals surface area contributed by atoms with E-state index in [1.165, 1.54) is 12.1 Å². The van der Waals surface area contributed by atoms with Crippen LogP contribution in [0.15, 0.2) is 30.9 Å². The fraction of sp³-hybridized carbons (Fsp3) is 0.364. The Morgan fingerprint density at radius 2 is 2.22 bits per heavy atom. The van der Waals surface area contributed by atoms with Crippen LogP contribution in [0.25, 0.3) is 0 Å². The third kappa shape index (κ3) is 3.71. The largest absolute Gasteiger partial charge is 0.322 e. The molecule has 32 heavy (non-hydrogen) atoms. The molecule has 2 aromatic rings. The lowest BCUT2D eigenvalue weighted by atomic mass is 9.99. The molecule has 3 heterocycles. The minimum atomic E-state index is -0.641. The number of amides is 3. The first-order valence-corrected chi connectivity index (χ1v) is 10.3. The number of fused-ring (bicyclic) bond motifs is 3. The molecule has 0 bridgehead atoms. The van der Waals surface area contributed by atoms with Crippen LogP contribution in [0.2, 0.25) is 0 Å². The molecule has 3 amide bonds. The average Bonchev–Trinajstić information content (AvgIpc) is 3.07. The predicted molar refractivity (Wildman–Crippen MR) is 115 cm³/mol. The third-order valence-corrected chi connectivity index (χ3v) is 5.91. The number of nitriles is 1. The van der Waals surface area contributed by atoms with Gasteiger partial charge in [-0.05, 0) is 25.1 Å². The first-order valence-electron chi connectivity index (χ1n) is 10.3. The number of halogens is 1. The zero-order valence-corrected chi connectivity index (χ0v) is 18.0. The van der Waals surface area contributed by atoms with Crippen LogP contribution in [-0.4, -0.2) is 62.8 Å². The standard InChI is InChI=1S/C22H24FN7O2/c1-4-7-28-8-9-30-20(21(31)27(28)3)17-13-29(14(2)10-19(17)26-30)22(32)25-16-5-6-18(23)15(11-16)12-24/h4-6,11,14H,1,7-10,13H2,2-3H3,(H,25,32). The van der Waals surface area contributed by atoms with Crippen molar-refractivity contribution in [1.29, 1.82) is 5.26 Å². The van der Waals surface area contributed by atoms with E-state index < -0.39 is 5.82 Å². The molecule has 1 unspecified atom stereocenters. The SMILES string of the molecule is C=CCN1CCn2nc3c(c2C(=O)N1C)CN(C(=O)Nc1ccc(F)c(C#N)c1)C(C)C3. The van der Waals surface area contributed by atoms with Gasteiger partial charge in [-0.3, -0.25) is 14.5 Å². The molecule has 0 aliphatic carbocycles. The van der Waals surface area contributed by atoms with Crippen molar-refractivity contribution in [2.75, 3.05) is 25.5 Å². The zero-order chi connectivity index (χ0) is 23.0. The molecule has 1 aromatic carbocycles. The van der Waals surface area contributed by atoms with Crippen molar-refractivity contribution in [3.05, 3.63) is 59.2 Å². The second-order valence-corrected chi connectivity index (χ2v) is 7.94. The monoisotopic (exact) mass is 437 g/mol. The molecule has 10 heteroatoms. The Morgan fingerprint density at radius 1 is 1.44 bits per heavy atom. The Bertz CT molecular complexity index is 1140. The predicted octanol–water partition coefficient (Wildman–Crippen LogP) is 2.36. The van der Waals surface area contributed by atoms with Crippen LogP contribution < -0.4 is 5.32 Å². The van der Waals surface area contributed by atoms with E-state index in [4.69, 9.17) is 5.26 Å². The maximum atomic E-state index is 13.6. The molecule has 0 fully saturated rings. The van der Waals surface area contributed by atoms with Crippen molar-refractivity contribution >= 4 is 17.6 Å². The third-order valence-electron chi connectivity index (χ3n) is 5.91. The van der Waals surface area contributed by atoms with Gasteiger partial charge in [0.05, 0.1) is 24.3 Å². The number of benzene rings is 1. The first kappa shape index (κ1) is 21.5. The van der Waals surface area contributed by atoms with E-state index in [2.05, 4.69) is 17.0 Å². The molecule has 0 saturated carbocycles. The molecule has 166 valence electrons. The van der Waals surface area contributed by atoms with Gasteiger partial charge in [-0.1, -0.05) is 6.08 Å². The zero-order valence-electron chi connectivity index (χ0n) is 18.0. The van der Waals surface area contributed by atoms with E-state index in [1.54, 1.807) is 33.8 Å². The average molecular weight is 437 g/mol. The van der Waals surface area contributed by atoms with E-state index in [1.807, 2.05) is 11.9 Å². The summed E-state index contributed by atoms with van der Waals surface area (Å²) in [6.07, 6.45) is 2.26. The van der Waals surface area contributed by atoms with Gasteiger partial charge < -0.3 is 10.2 Å². The molecule has 1 atom stereocenters. The van der Waals surface area contributed by atoms with Gasteiger partial charge in [0, 0.05) is 43.9 Å². The maximum absolute atomic E-state index is 13.6. The van der Waals surface area contributed by atoms with Gasteiger partial charge in [0.25, 0.3) is 5.91 Å². The quantitative estimate of drug-likeness (QED) is 0.744. The smallest absolute Gasteiger partial charge is 0.317 e. The lowest BCUT2D eigenvalue weighted by molar-refractivity contribution is 0.0153. The molecule has 4 rings (SSSR count). The summed E-state index contributed by atoms with van der Waals surface area (Å²) in [5.74, 6) is -0.817. The highest BCUT2D eigenvalue weighted by Gasteiger charge is 2.36. The number of hydrogen-bond donors (Lipinski definition) is 1. The summed E-state index contributed by atoms with van der Waals surface area (Å²) in [7, 11) is 1.72. The van der Waals surface area contributed by atoms with Crippen LogP contribution >= 0.6 is 0 Å². The highest BCUT2D eigenvalue weighted by Crippen LogP contribution is 2.29. The van der Waals surface area contributed by atoms with E-state index in [-0.39, 0.29) is 30.1 Å². The Hall–Kier alpha value is -3.71. The van der Waals surface area contributed by atoms with Crippen molar-refractivity contribution in [2.24, 2.45) is 0 Å². The maximum Gasteiger partial charge on any atom is 0.322 e. The number of hydrogen-bond acceptors (Lipinski definition) is 5. The summed E-state index contributed by atoms with van der Waals surface area (Å²) in [6.45, 7) is 7.61. The molecule has 2 aliphatic heterocycles. The number of rotatable bonds is 3. The lowest BCUT2D eigenvalue weighted by Gasteiger charge is -2.33. The van der Waals surface area contributed by atoms with Crippen LogP contribution in [0.4, 0.5) is 14.9 Å². The van der Waals surface area contributed by atoms with Gasteiger partial charge in [-0.2, -0.15) is 10.4 Å². The van der Waals surface area contributed by atoms with Gasteiger partial charge in [-0.15, -0.1) is 6.58 Å². The first-order chi connectivity index (χ1) is 15.3. The van der Waals surface area contributed by atoms with Gasteiger partial charge >= 0.3 is 6.03 Å². The summed E-state index contributed by atoms with van der Waals surface area (Å²) in [4.78, 5) is 27.8. The summed E-state index contributed by atoms with van der Waals surface area (Å²) >= 11 is 0. The van der Waals surface area contributed by atoms with Gasteiger partial charge in [0.1, 0.15) is 17.6 Å². The molecule has 0 spiro atoms. The fourth-order valence-corrected chi connectivity index (χ4v) is 4.16. The molecule has 1 N–H and O–H groups in total. The Labute approximate surface area is 185 Å². The van der Waals surface area contributed by atoms with Crippen molar-refractivity contribution < 1.29 is 14.0 Å². The number of carbonyl (C=O) groups excluding carboxylic acids is 2. The van der Waals surface area contributed by atoms with E-state index >= 15 is 0 Å². The summed E-state index contributed by atoms with van der Waals surface area (Å²) < 4.78 is 15.3. The fourth-order valence-electron chi connectivity index (χ4n) is 4.16. The van der Waals surface area contributed by atoms with Crippen molar-refractivity contribution in [2.45, 2.75) is 32.5 Å². The number of aromatic nitrogens is 2. The summed E-state index contributed by atoms with van der Waals surface area (Å²) in [5, 5.41) is 19.9. The van der Waals surface area contributed by atoms with Gasteiger partial charge in [0.2, 0.25) is 0 Å². The van der Waals surface area contributed by atoms with E-state index in [0.717, 1.165) is 17.3 Å². The topological polar surface area (TPSA) is 97.5 Å². The molecule has 1 aromatic heterocycles. The van der Waals surface area contributed by atoms with E-state index in [0.29, 0.717) is 37.4 Å². The molecular formula is C22H24FN7O2. The minimum Gasteiger partial charge on any atom is -0.317 e. The van der Waals surface area contributed by atoms with Crippen LogP contribution in [0, 0.1) is 17.1 Å². The van der Waals surface area contributed by atoms with Crippen LogP contribution in [-0.2, 0) is 19.5 Å². The normalized spacial score (nSPS) is 18.4.